The van der Waals surface area contributed by atoms with E-state index >= 15 is 0 Å². The van der Waals surface area contributed by atoms with Crippen LogP contribution in [0.25, 0.3) is 33.8 Å². The molecule has 1 saturated carbocycles. The van der Waals surface area contributed by atoms with Gasteiger partial charge >= 0.3 is 6.18 Å². The molecule has 7 nitrogen and oxygen atoms in total. The Hall–Kier alpha value is -4.21. The van der Waals surface area contributed by atoms with Gasteiger partial charge in [-0.1, -0.05) is 62.4 Å². The third kappa shape index (κ3) is 4.62. The smallest absolute Gasteiger partial charge is 0.350 e. The maximum absolute atomic E-state index is 13.3. The van der Waals surface area contributed by atoms with E-state index in [4.69, 9.17) is 4.98 Å². The summed E-state index contributed by atoms with van der Waals surface area (Å²) < 4.78 is 41.5. The van der Waals surface area contributed by atoms with Crippen LogP contribution in [0.3, 0.4) is 0 Å². The number of halogens is 3. The third-order valence-electron chi connectivity index (χ3n) is 6.75. The Kier molecular flexibility index (Phi) is 5.89. The summed E-state index contributed by atoms with van der Waals surface area (Å²) in [5, 5.41) is 3.28. The molecular formula is C28H26F3N7. The van der Waals surface area contributed by atoms with E-state index in [0.717, 1.165) is 41.4 Å². The number of aromatic nitrogens is 6. The Balaban J connectivity index is 1.25. The summed E-state index contributed by atoms with van der Waals surface area (Å²) in [4.78, 5) is 20.8. The fraction of sp³-hybridized carbons (Fsp3) is 0.286. The van der Waals surface area contributed by atoms with Gasteiger partial charge in [-0.25, -0.2) is 15.0 Å². The van der Waals surface area contributed by atoms with Gasteiger partial charge in [0.25, 0.3) is 0 Å². The zero-order valence-corrected chi connectivity index (χ0v) is 20.9. The van der Waals surface area contributed by atoms with Crippen LogP contribution in [0, 0.1) is 0 Å². The van der Waals surface area contributed by atoms with E-state index in [-0.39, 0.29) is 6.04 Å². The predicted octanol–water partition coefficient (Wildman–Crippen LogP) is 6.97. The molecule has 2 N–H and O–H groups in total. The predicted molar refractivity (Wildman–Crippen MR) is 139 cm³/mol. The number of imidazole rings is 2. The van der Waals surface area contributed by atoms with E-state index in [1.54, 1.807) is 23.0 Å². The van der Waals surface area contributed by atoms with Crippen molar-refractivity contribution in [2.75, 3.05) is 5.32 Å². The summed E-state index contributed by atoms with van der Waals surface area (Å²) in [5.74, 6) is 1.11. The number of benzene rings is 2. The lowest BCUT2D eigenvalue weighted by Crippen LogP contribution is -2.06. The number of fused-ring (bicyclic) bond motifs is 1. The highest BCUT2D eigenvalue weighted by Crippen LogP contribution is 2.41. The maximum atomic E-state index is 13.3. The number of H-pyrrole nitrogens is 1. The van der Waals surface area contributed by atoms with Crippen molar-refractivity contribution < 1.29 is 13.2 Å². The van der Waals surface area contributed by atoms with Crippen LogP contribution in [-0.2, 0) is 12.7 Å². The molecule has 0 bridgehead atoms. The first-order valence-corrected chi connectivity index (χ1v) is 12.6. The first-order chi connectivity index (χ1) is 18.3. The largest absolute Gasteiger partial charge is 0.434 e. The normalized spacial score (nSPS) is 13.9. The highest BCUT2D eigenvalue weighted by molar-refractivity contribution is 5.89. The van der Waals surface area contributed by atoms with Crippen LogP contribution in [0.1, 0.15) is 55.5 Å². The van der Waals surface area contributed by atoms with Gasteiger partial charge in [0.05, 0.1) is 6.33 Å². The maximum Gasteiger partial charge on any atom is 0.434 e. The zero-order valence-electron chi connectivity index (χ0n) is 20.9. The minimum Gasteiger partial charge on any atom is -0.350 e. The van der Waals surface area contributed by atoms with Crippen LogP contribution in [0.2, 0.25) is 0 Å². The van der Waals surface area contributed by atoms with Crippen molar-refractivity contribution in [1.29, 1.82) is 0 Å². The number of nitrogens with zero attached hydrogens (tertiary/aromatic N) is 5. The van der Waals surface area contributed by atoms with E-state index in [2.05, 4.69) is 51.2 Å². The molecule has 0 unspecified atom stereocenters. The molecule has 3 heterocycles. The molecule has 0 amide bonds. The lowest BCUT2D eigenvalue weighted by molar-refractivity contribution is -0.140. The number of nitrogens with one attached hydrogen (secondary N) is 2. The summed E-state index contributed by atoms with van der Waals surface area (Å²) in [6, 6.07) is 15.6. The van der Waals surface area contributed by atoms with Crippen molar-refractivity contribution in [2.45, 2.75) is 51.4 Å². The van der Waals surface area contributed by atoms with Gasteiger partial charge in [0.2, 0.25) is 5.95 Å². The summed E-state index contributed by atoms with van der Waals surface area (Å²) in [5.41, 5.74) is 5.06. The molecule has 1 fully saturated rings. The molecule has 1 aliphatic rings. The molecule has 10 heteroatoms. The van der Waals surface area contributed by atoms with Crippen molar-refractivity contribution >= 4 is 17.1 Å². The second-order valence-electron chi connectivity index (χ2n) is 9.88. The van der Waals surface area contributed by atoms with Crippen LogP contribution in [0.15, 0.2) is 61.1 Å². The standard InChI is InChI=1S/C28H26F3N7/c1-16(2)20-5-3-4-6-21(20)23-24-25(34-15-33-24)37-27(36-23)32-13-17-7-9-18(10-8-17)26-35-22(28(29,30)31)14-38(26)19-11-12-19/h3-10,14-16,19H,11-13H2,1-2H3,(H2,32,33,34,36,37). The Morgan fingerprint density at radius 3 is 2.50 bits per heavy atom. The summed E-state index contributed by atoms with van der Waals surface area (Å²) in [7, 11) is 0. The van der Waals surface area contributed by atoms with E-state index in [0.29, 0.717) is 35.4 Å². The minimum absolute atomic E-state index is 0.0825. The fourth-order valence-electron chi connectivity index (χ4n) is 4.65. The van der Waals surface area contributed by atoms with Gasteiger partial charge in [-0.3, -0.25) is 0 Å². The molecule has 0 radical (unpaired) electrons. The van der Waals surface area contributed by atoms with E-state index in [1.165, 1.54) is 5.56 Å². The summed E-state index contributed by atoms with van der Waals surface area (Å²) in [6.07, 6.45) is 0.00106. The lowest BCUT2D eigenvalue weighted by Gasteiger charge is -2.14. The third-order valence-corrected chi connectivity index (χ3v) is 6.75. The van der Waals surface area contributed by atoms with Crippen molar-refractivity contribution in [3.8, 4) is 22.6 Å². The van der Waals surface area contributed by atoms with Gasteiger partial charge in [-0.05, 0) is 29.9 Å². The van der Waals surface area contributed by atoms with Gasteiger partial charge in [0.15, 0.2) is 11.3 Å². The number of anilines is 1. The Bertz CT molecular complexity index is 1600. The fourth-order valence-corrected chi connectivity index (χ4v) is 4.65. The van der Waals surface area contributed by atoms with Crippen molar-refractivity contribution in [2.24, 2.45) is 0 Å². The number of aromatic amines is 1. The van der Waals surface area contributed by atoms with Gasteiger partial charge in [0.1, 0.15) is 17.0 Å². The molecule has 3 aromatic heterocycles. The van der Waals surface area contributed by atoms with Crippen molar-refractivity contribution in [3.63, 3.8) is 0 Å². The molecule has 6 rings (SSSR count). The average Bonchev–Trinajstić information content (AvgIpc) is 3.45. The van der Waals surface area contributed by atoms with Gasteiger partial charge in [0, 0.05) is 29.9 Å². The molecule has 1 aliphatic carbocycles. The monoisotopic (exact) mass is 517 g/mol. The molecule has 0 atom stereocenters. The SMILES string of the molecule is CC(C)c1ccccc1-c1nc(NCc2ccc(-c3nc(C(F)(F)F)cn3C3CC3)cc2)nc2nc[nH]c12. The first-order valence-electron chi connectivity index (χ1n) is 12.6. The summed E-state index contributed by atoms with van der Waals surface area (Å²) >= 11 is 0. The second kappa shape index (κ2) is 9.27. The number of alkyl halides is 3. The van der Waals surface area contributed by atoms with Crippen LogP contribution in [0.5, 0.6) is 0 Å². The molecule has 2 aromatic carbocycles. The number of hydrogen-bond acceptors (Lipinski definition) is 5. The minimum atomic E-state index is -4.47. The second-order valence-corrected chi connectivity index (χ2v) is 9.88. The Morgan fingerprint density at radius 2 is 1.79 bits per heavy atom. The van der Waals surface area contributed by atoms with Gasteiger partial charge in [-0.2, -0.15) is 18.2 Å². The van der Waals surface area contributed by atoms with Crippen LogP contribution < -0.4 is 5.32 Å². The molecule has 0 saturated heterocycles. The Morgan fingerprint density at radius 1 is 1.03 bits per heavy atom. The van der Waals surface area contributed by atoms with Crippen LogP contribution >= 0.6 is 0 Å². The van der Waals surface area contributed by atoms with Gasteiger partial charge in [-0.15, -0.1) is 0 Å². The molecule has 38 heavy (non-hydrogen) atoms. The quantitative estimate of drug-likeness (QED) is 0.244. The number of hydrogen-bond donors (Lipinski definition) is 2. The highest BCUT2D eigenvalue weighted by Gasteiger charge is 2.37. The topological polar surface area (TPSA) is 84.3 Å². The van der Waals surface area contributed by atoms with Crippen LogP contribution in [-0.4, -0.2) is 29.5 Å². The Labute approximate surface area is 217 Å². The van der Waals surface area contributed by atoms with E-state index < -0.39 is 11.9 Å². The highest BCUT2D eigenvalue weighted by atomic mass is 19.4. The molecule has 5 aromatic rings. The van der Waals surface area contributed by atoms with E-state index in [1.807, 2.05) is 24.3 Å². The van der Waals surface area contributed by atoms with E-state index in [9.17, 15) is 13.2 Å². The molecular weight excluding hydrogens is 491 g/mol. The van der Waals surface area contributed by atoms with Crippen molar-refractivity contribution in [3.05, 3.63) is 77.9 Å². The first kappa shape index (κ1) is 24.1. The molecule has 0 spiro atoms. The number of rotatable bonds is 7. The zero-order chi connectivity index (χ0) is 26.4. The van der Waals surface area contributed by atoms with Crippen molar-refractivity contribution in [1.82, 2.24) is 29.5 Å². The lowest BCUT2D eigenvalue weighted by atomic mass is 9.95. The molecule has 194 valence electrons. The summed E-state index contributed by atoms with van der Waals surface area (Å²) in [6.45, 7) is 4.73. The average molecular weight is 518 g/mol. The molecule has 0 aliphatic heterocycles. The van der Waals surface area contributed by atoms with Crippen LogP contribution in [0.4, 0.5) is 19.1 Å². The van der Waals surface area contributed by atoms with Gasteiger partial charge < -0.3 is 14.9 Å².